The van der Waals surface area contributed by atoms with E-state index in [0.717, 1.165) is 25.3 Å². The van der Waals surface area contributed by atoms with Crippen LogP contribution in [-0.2, 0) is 11.3 Å². The highest BCUT2D eigenvalue weighted by molar-refractivity contribution is 5.76. The van der Waals surface area contributed by atoms with Crippen molar-refractivity contribution < 1.29 is 19.1 Å². The van der Waals surface area contributed by atoms with Gasteiger partial charge in [0.25, 0.3) is 0 Å². The maximum Gasteiger partial charge on any atom is 0.317 e. The Bertz CT molecular complexity index is 581. The van der Waals surface area contributed by atoms with Crippen LogP contribution in [0.4, 0.5) is 9.18 Å². The lowest BCUT2D eigenvalue weighted by Gasteiger charge is -2.28. The monoisotopic (exact) mass is 353 g/mol. The predicted molar refractivity (Wildman–Crippen MR) is 94.7 cm³/mol. The van der Waals surface area contributed by atoms with Crippen molar-refractivity contribution in [1.29, 1.82) is 0 Å². The lowest BCUT2D eigenvalue weighted by molar-refractivity contribution is -0.117. The van der Waals surface area contributed by atoms with Crippen LogP contribution in [0, 0.1) is 5.82 Å². The minimum atomic E-state index is -0.721. The molecule has 0 spiro atoms. The molecule has 0 aliphatic heterocycles. The van der Waals surface area contributed by atoms with Gasteiger partial charge in [-0.1, -0.05) is 18.6 Å². The van der Waals surface area contributed by atoms with Gasteiger partial charge in [-0.3, -0.25) is 0 Å². The van der Waals surface area contributed by atoms with E-state index < -0.39 is 11.6 Å². The molecule has 140 valence electrons. The summed E-state index contributed by atoms with van der Waals surface area (Å²) in [5.74, 6) is -1.09. The van der Waals surface area contributed by atoms with Gasteiger partial charge in [0.15, 0.2) is 11.6 Å². The SMILES string of the molecule is CC(=O)CCC(CCCCN)N(C)C(=O)NCc1cccc(F)c1O. The Balaban J connectivity index is 2.64. The maximum absolute atomic E-state index is 13.3. The number of nitrogens with two attached hydrogens (primary N) is 1. The first kappa shape index (κ1) is 20.9. The second kappa shape index (κ2) is 10.7. The number of halogens is 1. The maximum atomic E-state index is 13.3. The molecule has 2 amide bonds. The summed E-state index contributed by atoms with van der Waals surface area (Å²) >= 11 is 0. The molecule has 4 N–H and O–H groups in total. The first-order valence-electron chi connectivity index (χ1n) is 8.53. The van der Waals surface area contributed by atoms with Gasteiger partial charge in [-0.05, 0) is 38.8 Å². The highest BCUT2D eigenvalue weighted by Gasteiger charge is 2.20. The number of para-hydroxylation sites is 1. The molecule has 0 saturated carbocycles. The van der Waals surface area contributed by atoms with Crippen molar-refractivity contribution in [2.75, 3.05) is 13.6 Å². The van der Waals surface area contributed by atoms with Crippen molar-refractivity contribution in [2.24, 2.45) is 5.73 Å². The lowest BCUT2D eigenvalue weighted by Crippen LogP contribution is -2.43. The highest BCUT2D eigenvalue weighted by Crippen LogP contribution is 2.20. The van der Waals surface area contributed by atoms with Crippen LogP contribution in [0.3, 0.4) is 0 Å². The first-order valence-corrected chi connectivity index (χ1v) is 8.53. The van der Waals surface area contributed by atoms with Crippen molar-refractivity contribution in [3.05, 3.63) is 29.6 Å². The molecule has 0 heterocycles. The van der Waals surface area contributed by atoms with Gasteiger partial charge >= 0.3 is 6.03 Å². The van der Waals surface area contributed by atoms with Gasteiger partial charge < -0.3 is 25.9 Å². The Labute approximate surface area is 148 Å². The standard InChI is InChI=1S/C18H28FN3O3/c1-13(23)9-10-15(7-3-4-11-20)22(2)18(25)21-12-14-6-5-8-16(19)17(14)24/h5-6,8,15,24H,3-4,7,9-12,20H2,1-2H3,(H,21,25). The highest BCUT2D eigenvalue weighted by atomic mass is 19.1. The molecule has 1 atom stereocenters. The van der Waals surface area contributed by atoms with Crippen molar-refractivity contribution in [3.8, 4) is 5.75 Å². The van der Waals surface area contributed by atoms with E-state index in [-0.39, 0.29) is 24.4 Å². The van der Waals surface area contributed by atoms with Crippen LogP contribution in [0.15, 0.2) is 18.2 Å². The van der Waals surface area contributed by atoms with Gasteiger partial charge in [0, 0.05) is 31.6 Å². The molecule has 0 radical (unpaired) electrons. The van der Waals surface area contributed by atoms with Crippen LogP contribution in [0.2, 0.25) is 0 Å². The second-order valence-electron chi connectivity index (χ2n) is 6.20. The van der Waals surface area contributed by atoms with Crippen molar-refractivity contribution in [1.82, 2.24) is 10.2 Å². The van der Waals surface area contributed by atoms with E-state index in [2.05, 4.69) is 5.32 Å². The number of nitrogens with zero attached hydrogens (tertiary/aromatic N) is 1. The minimum absolute atomic E-state index is 0.0228. The van der Waals surface area contributed by atoms with Gasteiger partial charge in [-0.25, -0.2) is 9.18 Å². The van der Waals surface area contributed by atoms with Crippen LogP contribution in [0.1, 0.15) is 44.6 Å². The van der Waals surface area contributed by atoms with Crippen LogP contribution in [0.5, 0.6) is 5.75 Å². The molecule has 7 heteroatoms. The number of ketones is 1. The zero-order valence-corrected chi connectivity index (χ0v) is 14.9. The number of urea groups is 1. The zero-order valence-electron chi connectivity index (χ0n) is 14.9. The van der Waals surface area contributed by atoms with Gasteiger partial charge in [0.2, 0.25) is 0 Å². The molecule has 1 rings (SSSR count). The Hall–Kier alpha value is -2.15. The molecule has 0 bridgehead atoms. The van der Waals surface area contributed by atoms with Crippen molar-refractivity contribution >= 4 is 11.8 Å². The van der Waals surface area contributed by atoms with Gasteiger partial charge in [0.1, 0.15) is 5.78 Å². The summed E-state index contributed by atoms with van der Waals surface area (Å²) in [5, 5.41) is 12.3. The normalized spacial score (nSPS) is 11.8. The third kappa shape index (κ3) is 7.09. The number of hydrogen-bond donors (Lipinski definition) is 3. The largest absolute Gasteiger partial charge is 0.505 e. The topological polar surface area (TPSA) is 95.7 Å². The molecular formula is C18H28FN3O3. The van der Waals surface area contributed by atoms with Gasteiger partial charge in [-0.2, -0.15) is 0 Å². The summed E-state index contributed by atoms with van der Waals surface area (Å²) in [4.78, 5) is 25.2. The molecule has 0 aliphatic rings. The number of nitrogens with one attached hydrogen (secondary N) is 1. The number of aromatic hydroxyl groups is 1. The Morgan fingerprint density at radius 2 is 2.04 bits per heavy atom. The fourth-order valence-corrected chi connectivity index (χ4v) is 2.59. The van der Waals surface area contributed by atoms with Crippen LogP contribution >= 0.6 is 0 Å². The van der Waals surface area contributed by atoms with Gasteiger partial charge in [0.05, 0.1) is 0 Å². The fraction of sp³-hybridized carbons (Fsp3) is 0.556. The number of phenols is 1. The molecule has 0 aliphatic carbocycles. The minimum Gasteiger partial charge on any atom is -0.505 e. The Kier molecular flexibility index (Phi) is 8.91. The summed E-state index contributed by atoms with van der Waals surface area (Å²) in [6.45, 7) is 2.15. The molecule has 1 aromatic rings. The summed E-state index contributed by atoms with van der Waals surface area (Å²) < 4.78 is 13.3. The predicted octanol–water partition coefficient (Wildman–Crippen LogP) is 2.54. The first-order chi connectivity index (χ1) is 11.9. The molecular weight excluding hydrogens is 325 g/mol. The van der Waals surface area contributed by atoms with E-state index in [4.69, 9.17) is 5.73 Å². The number of unbranched alkanes of at least 4 members (excludes halogenated alkanes) is 1. The van der Waals surface area contributed by atoms with E-state index in [1.807, 2.05) is 0 Å². The number of carbonyl (C=O) groups excluding carboxylic acids is 2. The second-order valence-corrected chi connectivity index (χ2v) is 6.20. The Morgan fingerprint density at radius 3 is 2.68 bits per heavy atom. The Morgan fingerprint density at radius 1 is 1.32 bits per heavy atom. The quantitative estimate of drug-likeness (QED) is 0.563. The number of benzene rings is 1. The molecule has 0 aromatic heterocycles. The van der Waals surface area contributed by atoms with E-state index in [1.54, 1.807) is 18.0 Å². The van der Waals surface area contributed by atoms with Crippen LogP contribution < -0.4 is 11.1 Å². The third-order valence-corrected chi connectivity index (χ3v) is 4.19. The average molecular weight is 353 g/mol. The molecule has 1 aromatic carbocycles. The summed E-state index contributed by atoms with van der Waals surface area (Å²) in [7, 11) is 1.67. The summed E-state index contributed by atoms with van der Waals surface area (Å²) in [6.07, 6.45) is 3.51. The number of rotatable bonds is 10. The molecule has 25 heavy (non-hydrogen) atoms. The number of carbonyl (C=O) groups is 2. The number of amides is 2. The third-order valence-electron chi connectivity index (χ3n) is 4.19. The molecule has 0 saturated heterocycles. The van der Waals surface area contributed by atoms with E-state index in [1.165, 1.54) is 13.0 Å². The fourth-order valence-electron chi connectivity index (χ4n) is 2.59. The van der Waals surface area contributed by atoms with E-state index in [9.17, 15) is 19.1 Å². The number of phenolic OH excluding ortho intramolecular Hbond substituents is 1. The molecule has 1 unspecified atom stereocenters. The van der Waals surface area contributed by atoms with Gasteiger partial charge in [-0.15, -0.1) is 0 Å². The molecule has 6 nitrogen and oxygen atoms in total. The lowest BCUT2D eigenvalue weighted by atomic mass is 10.0. The zero-order chi connectivity index (χ0) is 18.8. The van der Waals surface area contributed by atoms with Crippen LogP contribution in [0.25, 0.3) is 0 Å². The van der Waals surface area contributed by atoms with E-state index >= 15 is 0 Å². The van der Waals surface area contributed by atoms with Crippen LogP contribution in [-0.4, -0.2) is 41.5 Å². The molecule has 0 fully saturated rings. The van der Waals surface area contributed by atoms with E-state index in [0.29, 0.717) is 24.9 Å². The number of Topliss-reactive ketones (excluding diaryl/α,β-unsaturated/α-hetero) is 1. The van der Waals surface area contributed by atoms with Crippen molar-refractivity contribution in [2.45, 2.75) is 51.6 Å². The summed E-state index contributed by atoms with van der Waals surface area (Å²) in [5.41, 5.74) is 5.82. The average Bonchev–Trinajstić information content (AvgIpc) is 2.58. The van der Waals surface area contributed by atoms with Crippen molar-refractivity contribution in [3.63, 3.8) is 0 Å². The number of hydrogen-bond acceptors (Lipinski definition) is 4. The summed E-state index contributed by atoms with van der Waals surface area (Å²) in [6, 6.07) is 3.78. The smallest absolute Gasteiger partial charge is 0.317 e.